The van der Waals surface area contributed by atoms with Gasteiger partial charge < -0.3 is 5.11 Å². The molecule has 0 aliphatic rings. The van der Waals surface area contributed by atoms with Crippen molar-refractivity contribution in [2.45, 2.75) is 19.4 Å². The van der Waals surface area contributed by atoms with Crippen molar-refractivity contribution >= 4 is 0 Å². The Morgan fingerprint density at radius 2 is 2.00 bits per heavy atom. The number of benzene rings is 1. The van der Waals surface area contributed by atoms with Gasteiger partial charge in [0.25, 0.3) is 0 Å². The minimum Gasteiger partial charge on any atom is -0.388 e. The van der Waals surface area contributed by atoms with Crippen molar-refractivity contribution in [3.05, 3.63) is 65.0 Å². The van der Waals surface area contributed by atoms with Crippen molar-refractivity contribution in [3.63, 3.8) is 0 Å². The Morgan fingerprint density at radius 1 is 1.22 bits per heavy atom. The maximum Gasteiger partial charge on any atom is 0.134 e. The van der Waals surface area contributed by atoms with Crippen LogP contribution in [0.15, 0.2) is 36.5 Å². The Morgan fingerprint density at radius 3 is 2.67 bits per heavy atom. The van der Waals surface area contributed by atoms with E-state index in [1.54, 1.807) is 24.4 Å². The van der Waals surface area contributed by atoms with Crippen molar-refractivity contribution in [1.82, 2.24) is 4.98 Å². The molecule has 1 atom stereocenters. The van der Waals surface area contributed by atoms with E-state index in [0.29, 0.717) is 11.3 Å². The van der Waals surface area contributed by atoms with Crippen LogP contribution in [0.25, 0.3) is 0 Å². The summed E-state index contributed by atoms with van der Waals surface area (Å²) in [6, 6.07) is 7.72. The molecule has 1 N–H and O–H groups in total. The van der Waals surface area contributed by atoms with E-state index in [-0.39, 0.29) is 12.0 Å². The number of aliphatic hydroxyl groups excluding tert-OH is 1. The third-order valence-electron chi connectivity index (χ3n) is 2.78. The van der Waals surface area contributed by atoms with E-state index >= 15 is 0 Å². The first kappa shape index (κ1) is 12.6. The highest BCUT2D eigenvalue weighted by atomic mass is 19.1. The topological polar surface area (TPSA) is 33.1 Å². The molecule has 0 aliphatic carbocycles. The van der Waals surface area contributed by atoms with Crippen LogP contribution in [0, 0.1) is 18.6 Å². The average molecular weight is 249 g/mol. The normalized spacial score (nSPS) is 12.4. The van der Waals surface area contributed by atoms with Gasteiger partial charge in [-0.3, -0.25) is 4.98 Å². The fraction of sp³-hybridized carbons (Fsp3) is 0.214. The molecule has 0 saturated heterocycles. The number of hydrogen-bond acceptors (Lipinski definition) is 2. The van der Waals surface area contributed by atoms with E-state index < -0.39 is 17.7 Å². The third-order valence-corrected chi connectivity index (χ3v) is 2.78. The molecule has 18 heavy (non-hydrogen) atoms. The van der Waals surface area contributed by atoms with Gasteiger partial charge in [0, 0.05) is 18.3 Å². The lowest BCUT2D eigenvalue weighted by Crippen LogP contribution is -2.09. The van der Waals surface area contributed by atoms with Gasteiger partial charge in [-0.25, -0.2) is 8.78 Å². The summed E-state index contributed by atoms with van der Waals surface area (Å²) in [5.41, 5.74) is 0.609. The molecule has 94 valence electrons. The van der Waals surface area contributed by atoms with Gasteiger partial charge in [-0.05, 0) is 30.7 Å². The second-order valence-corrected chi connectivity index (χ2v) is 4.13. The van der Waals surface area contributed by atoms with Gasteiger partial charge in [-0.2, -0.15) is 0 Å². The summed E-state index contributed by atoms with van der Waals surface area (Å²) in [6.45, 7) is 1.53. The van der Waals surface area contributed by atoms with Gasteiger partial charge in [0.2, 0.25) is 0 Å². The molecule has 0 saturated carbocycles. The predicted octanol–water partition coefficient (Wildman–Crippen LogP) is 2.94. The number of hydrogen-bond donors (Lipinski definition) is 1. The number of aryl methyl sites for hydroxylation is 1. The molecule has 1 unspecified atom stereocenters. The van der Waals surface area contributed by atoms with Crippen molar-refractivity contribution in [2.24, 2.45) is 0 Å². The second-order valence-electron chi connectivity index (χ2n) is 4.13. The Hall–Kier alpha value is -1.81. The molecule has 0 spiro atoms. The number of pyridine rings is 1. The van der Waals surface area contributed by atoms with Crippen LogP contribution in [0.1, 0.15) is 22.9 Å². The monoisotopic (exact) mass is 249 g/mol. The molecule has 1 heterocycles. The molecule has 0 radical (unpaired) electrons. The van der Waals surface area contributed by atoms with Gasteiger partial charge in [0.1, 0.15) is 11.6 Å². The molecule has 0 aliphatic heterocycles. The van der Waals surface area contributed by atoms with Crippen LogP contribution < -0.4 is 0 Å². The van der Waals surface area contributed by atoms with Crippen molar-refractivity contribution in [1.29, 1.82) is 0 Å². The SMILES string of the molecule is Cc1ccc(F)c(C(O)Cc2ccccn2)c1F. The first-order valence-electron chi connectivity index (χ1n) is 5.62. The molecular weight excluding hydrogens is 236 g/mol. The Balaban J connectivity index is 2.29. The van der Waals surface area contributed by atoms with Gasteiger partial charge >= 0.3 is 0 Å². The highest BCUT2D eigenvalue weighted by Gasteiger charge is 2.20. The van der Waals surface area contributed by atoms with E-state index in [4.69, 9.17) is 0 Å². The molecule has 0 bridgehead atoms. The largest absolute Gasteiger partial charge is 0.388 e. The molecule has 0 fully saturated rings. The zero-order valence-corrected chi connectivity index (χ0v) is 9.90. The van der Waals surface area contributed by atoms with Gasteiger partial charge in [-0.1, -0.05) is 12.1 Å². The van der Waals surface area contributed by atoms with Crippen LogP contribution >= 0.6 is 0 Å². The highest BCUT2D eigenvalue weighted by Crippen LogP contribution is 2.25. The van der Waals surface area contributed by atoms with Gasteiger partial charge in [0.15, 0.2) is 0 Å². The summed E-state index contributed by atoms with van der Waals surface area (Å²) in [6.07, 6.45) is 0.420. The molecule has 4 heteroatoms. The minimum atomic E-state index is -1.24. The molecule has 0 amide bonds. The van der Waals surface area contributed by atoms with E-state index in [1.807, 2.05) is 0 Å². The summed E-state index contributed by atoms with van der Waals surface area (Å²) in [4.78, 5) is 4.02. The van der Waals surface area contributed by atoms with E-state index in [0.717, 1.165) is 6.07 Å². The maximum absolute atomic E-state index is 13.8. The summed E-state index contributed by atoms with van der Waals surface area (Å²) in [5.74, 6) is -1.43. The molecule has 2 rings (SSSR count). The zero-order valence-electron chi connectivity index (χ0n) is 9.90. The molecule has 2 nitrogen and oxygen atoms in total. The number of halogens is 2. The van der Waals surface area contributed by atoms with Gasteiger partial charge in [0.05, 0.1) is 11.7 Å². The standard InChI is InChI=1S/C14H13F2NO/c1-9-5-6-11(15)13(14(9)16)12(18)8-10-4-2-3-7-17-10/h2-7,12,18H,8H2,1H3. The van der Waals surface area contributed by atoms with E-state index in [1.165, 1.54) is 13.0 Å². The summed E-state index contributed by atoms with van der Waals surface area (Å²) < 4.78 is 27.4. The fourth-order valence-electron chi connectivity index (χ4n) is 1.80. The summed E-state index contributed by atoms with van der Waals surface area (Å²) in [5, 5.41) is 9.94. The van der Waals surface area contributed by atoms with Crippen LogP contribution in [0.2, 0.25) is 0 Å². The minimum absolute atomic E-state index is 0.0815. The maximum atomic E-state index is 13.8. The third kappa shape index (κ3) is 2.54. The van der Waals surface area contributed by atoms with Crippen molar-refractivity contribution in [3.8, 4) is 0 Å². The van der Waals surface area contributed by atoms with Gasteiger partial charge in [-0.15, -0.1) is 0 Å². The van der Waals surface area contributed by atoms with Crippen LogP contribution in [0.5, 0.6) is 0 Å². The second kappa shape index (κ2) is 5.23. The van der Waals surface area contributed by atoms with Crippen LogP contribution in [-0.4, -0.2) is 10.1 Å². The molecule has 2 aromatic rings. The molecular formula is C14H13F2NO. The van der Waals surface area contributed by atoms with Crippen molar-refractivity contribution in [2.75, 3.05) is 0 Å². The van der Waals surface area contributed by atoms with Crippen LogP contribution in [0.3, 0.4) is 0 Å². The van der Waals surface area contributed by atoms with Crippen molar-refractivity contribution < 1.29 is 13.9 Å². The summed E-state index contributed by atoms with van der Waals surface area (Å²) in [7, 11) is 0. The predicted molar refractivity (Wildman–Crippen MR) is 64.0 cm³/mol. The summed E-state index contributed by atoms with van der Waals surface area (Å²) >= 11 is 0. The van der Waals surface area contributed by atoms with Crippen LogP contribution in [-0.2, 0) is 6.42 Å². The Kier molecular flexibility index (Phi) is 3.67. The lowest BCUT2D eigenvalue weighted by Gasteiger charge is -2.13. The first-order chi connectivity index (χ1) is 8.59. The highest BCUT2D eigenvalue weighted by molar-refractivity contribution is 5.29. The number of aliphatic hydroxyl groups is 1. The lowest BCUT2D eigenvalue weighted by molar-refractivity contribution is 0.167. The number of aromatic nitrogens is 1. The number of nitrogens with zero attached hydrogens (tertiary/aromatic N) is 1. The Bertz CT molecular complexity index is 543. The fourth-order valence-corrected chi connectivity index (χ4v) is 1.80. The quantitative estimate of drug-likeness (QED) is 0.907. The average Bonchev–Trinajstić information content (AvgIpc) is 2.36. The molecule has 1 aromatic carbocycles. The first-order valence-corrected chi connectivity index (χ1v) is 5.62. The lowest BCUT2D eigenvalue weighted by atomic mass is 10.0. The van der Waals surface area contributed by atoms with E-state index in [2.05, 4.69) is 4.98 Å². The smallest absolute Gasteiger partial charge is 0.134 e. The zero-order chi connectivity index (χ0) is 13.1. The Labute approximate surface area is 104 Å². The van der Waals surface area contributed by atoms with E-state index in [9.17, 15) is 13.9 Å². The molecule has 1 aromatic heterocycles. The van der Waals surface area contributed by atoms with Crippen LogP contribution in [0.4, 0.5) is 8.78 Å². The number of rotatable bonds is 3.